The second-order valence-corrected chi connectivity index (χ2v) is 7.05. The topological polar surface area (TPSA) is 55.4 Å². The summed E-state index contributed by atoms with van der Waals surface area (Å²) >= 11 is 10.9. The maximum absolute atomic E-state index is 11.3. The molecule has 1 aliphatic rings. The van der Waals surface area contributed by atoms with Crippen molar-refractivity contribution in [3.63, 3.8) is 0 Å². The van der Waals surface area contributed by atoms with Crippen LogP contribution in [0.2, 0.25) is 0 Å². The molecule has 1 N–H and O–H groups in total. The number of halogens is 1. The summed E-state index contributed by atoms with van der Waals surface area (Å²) in [6.45, 7) is 3.88. The van der Waals surface area contributed by atoms with E-state index in [9.17, 15) is 8.42 Å². The Morgan fingerprint density at radius 2 is 2.25 bits per heavy atom. The summed E-state index contributed by atoms with van der Waals surface area (Å²) in [4.78, 5) is 0. The van der Waals surface area contributed by atoms with E-state index in [0.717, 1.165) is 6.42 Å². The molecule has 1 rings (SSSR count). The zero-order valence-corrected chi connectivity index (χ0v) is 11.7. The quantitative estimate of drug-likeness (QED) is 0.621. The maximum atomic E-state index is 11.3. The highest BCUT2D eigenvalue weighted by Crippen LogP contribution is 2.18. The van der Waals surface area contributed by atoms with Crippen molar-refractivity contribution in [2.75, 3.05) is 11.5 Å². The first kappa shape index (κ1) is 14.0. The molecule has 0 saturated carbocycles. The Kier molecular flexibility index (Phi) is 4.82. The van der Waals surface area contributed by atoms with Gasteiger partial charge in [0.05, 0.1) is 29.0 Å². The van der Waals surface area contributed by atoms with E-state index in [1.54, 1.807) is 0 Å². The summed E-state index contributed by atoms with van der Waals surface area (Å²) in [7, 11) is -3.03. The third-order valence-corrected chi connectivity index (χ3v) is 5.06. The molecule has 1 saturated heterocycles. The number of nitrogens with one attached hydrogen (secondary N) is 1. The zero-order valence-electron chi connectivity index (χ0n) is 9.27. The van der Waals surface area contributed by atoms with Crippen LogP contribution < -0.4 is 5.32 Å². The molecule has 0 spiro atoms. The van der Waals surface area contributed by atoms with Crippen molar-refractivity contribution in [3.05, 3.63) is 0 Å². The first-order valence-corrected chi connectivity index (χ1v) is 7.82. The third-order valence-electron chi connectivity index (χ3n) is 2.47. The van der Waals surface area contributed by atoms with Crippen molar-refractivity contribution in [3.8, 4) is 0 Å². The fraction of sp³-hybridized carbons (Fsp3) is 0.889. The molecule has 1 heterocycles. The molecule has 0 bridgehead atoms. The minimum absolute atomic E-state index is 0.00182. The number of hydrogen-bond donors (Lipinski definition) is 1. The molecule has 94 valence electrons. The molecule has 0 amide bonds. The molecule has 0 unspecified atom stereocenters. The van der Waals surface area contributed by atoms with Gasteiger partial charge in [0, 0.05) is 0 Å². The molecule has 16 heavy (non-hydrogen) atoms. The number of thiocarbonyl (C=S) groups is 1. The van der Waals surface area contributed by atoms with Gasteiger partial charge in [-0.1, -0.05) is 6.92 Å². The Bertz CT molecular complexity index is 358. The van der Waals surface area contributed by atoms with E-state index in [4.69, 9.17) is 28.6 Å². The van der Waals surface area contributed by atoms with Crippen LogP contribution in [0.25, 0.3) is 0 Å². The molecule has 7 heteroatoms. The number of hydrogen-bond acceptors (Lipinski definition) is 4. The zero-order chi connectivity index (χ0) is 12.3. The van der Waals surface area contributed by atoms with Gasteiger partial charge in [-0.05, 0) is 25.6 Å². The van der Waals surface area contributed by atoms with E-state index in [0.29, 0.717) is 0 Å². The number of sulfone groups is 1. The fourth-order valence-corrected chi connectivity index (χ4v) is 4.25. The summed E-state index contributed by atoms with van der Waals surface area (Å²) in [5.41, 5.74) is 0. The van der Waals surface area contributed by atoms with Gasteiger partial charge in [-0.15, -0.1) is 11.6 Å². The van der Waals surface area contributed by atoms with E-state index in [2.05, 4.69) is 5.32 Å². The maximum Gasteiger partial charge on any atom is 0.257 e. The second kappa shape index (κ2) is 5.51. The van der Waals surface area contributed by atoms with Crippen LogP contribution in [0.1, 0.15) is 20.3 Å². The predicted octanol–water partition coefficient (Wildman–Crippen LogP) is 1.08. The lowest BCUT2D eigenvalue weighted by Gasteiger charge is -2.19. The van der Waals surface area contributed by atoms with Crippen LogP contribution in [0.4, 0.5) is 0 Å². The summed E-state index contributed by atoms with van der Waals surface area (Å²) < 4.78 is 28.0. The summed E-state index contributed by atoms with van der Waals surface area (Å²) in [6, 6.07) is -0.344. The smallest absolute Gasteiger partial charge is 0.257 e. The normalized spacial score (nSPS) is 29.7. The van der Waals surface area contributed by atoms with Crippen LogP contribution in [-0.2, 0) is 14.6 Å². The summed E-state index contributed by atoms with van der Waals surface area (Å²) in [5, 5.41) is 2.63. The molecule has 0 aromatic rings. The Balaban J connectivity index is 2.46. The minimum atomic E-state index is -3.03. The lowest BCUT2D eigenvalue weighted by molar-refractivity contribution is 0.198. The van der Waals surface area contributed by atoms with Gasteiger partial charge < -0.3 is 10.1 Å². The van der Waals surface area contributed by atoms with Crippen LogP contribution in [0.3, 0.4) is 0 Å². The first-order chi connectivity index (χ1) is 7.34. The molecule has 0 aromatic carbocycles. The largest absolute Gasteiger partial charge is 0.468 e. The van der Waals surface area contributed by atoms with Gasteiger partial charge in [0.25, 0.3) is 5.17 Å². The predicted molar refractivity (Wildman–Crippen MR) is 68.7 cm³/mol. The Morgan fingerprint density at radius 3 is 2.69 bits per heavy atom. The van der Waals surface area contributed by atoms with Crippen molar-refractivity contribution in [1.29, 1.82) is 0 Å². The van der Waals surface area contributed by atoms with Gasteiger partial charge in [0.2, 0.25) is 0 Å². The Hall–Kier alpha value is -0.0700. The van der Waals surface area contributed by atoms with Crippen LogP contribution in [-0.4, -0.2) is 42.6 Å². The molecule has 0 aliphatic carbocycles. The first-order valence-electron chi connectivity index (χ1n) is 5.15. The van der Waals surface area contributed by atoms with Crippen molar-refractivity contribution < 1.29 is 13.2 Å². The number of ether oxygens (including phenoxy) is 1. The van der Waals surface area contributed by atoms with E-state index < -0.39 is 15.2 Å². The standard InChI is InChI=1S/C9H16ClNO3S2/c1-3-6(2)14-9(15)11-8-5-16(12,13)4-7(8)10/h6-8H,3-5H2,1-2H3,(H,11,15)/t6-,7+,8+/m1/s1. The lowest BCUT2D eigenvalue weighted by Crippen LogP contribution is -2.41. The van der Waals surface area contributed by atoms with Gasteiger partial charge in [0.1, 0.15) is 0 Å². The van der Waals surface area contributed by atoms with Crippen LogP contribution in [0, 0.1) is 0 Å². The monoisotopic (exact) mass is 285 g/mol. The van der Waals surface area contributed by atoms with Gasteiger partial charge in [-0.3, -0.25) is 0 Å². The van der Waals surface area contributed by atoms with Gasteiger partial charge in [-0.2, -0.15) is 0 Å². The van der Waals surface area contributed by atoms with Crippen molar-refractivity contribution in [1.82, 2.24) is 5.32 Å². The summed E-state index contributed by atoms with van der Waals surface area (Å²) in [5.74, 6) is 0.0172. The van der Waals surface area contributed by atoms with Crippen LogP contribution >= 0.6 is 23.8 Å². The lowest BCUT2D eigenvalue weighted by atomic mass is 10.2. The second-order valence-electron chi connectivity index (χ2n) is 3.97. The van der Waals surface area contributed by atoms with Crippen molar-refractivity contribution in [2.24, 2.45) is 0 Å². The van der Waals surface area contributed by atoms with E-state index >= 15 is 0 Å². The Labute approximate surface area is 107 Å². The van der Waals surface area contributed by atoms with Crippen molar-refractivity contribution >= 4 is 38.8 Å². The van der Waals surface area contributed by atoms with E-state index in [-0.39, 0.29) is 28.8 Å². The van der Waals surface area contributed by atoms with E-state index in [1.807, 2.05) is 13.8 Å². The number of alkyl halides is 1. The minimum Gasteiger partial charge on any atom is -0.468 e. The fourth-order valence-electron chi connectivity index (χ4n) is 1.39. The molecular formula is C9H16ClNO3S2. The SMILES string of the molecule is CC[C@@H](C)OC(=S)N[C@H]1CS(=O)(=O)C[C@@H]1Cl. The number of rotatable bonds is 3. The van der Waals surface area contributed by atoms with Crippen molar-refractivity contribution in [2.45, 2.75) is 37.8 Å². The molecular weight excluding hydrogens is 270 g/mol. The van der Waals surface area contributed by atoms with Crippen LogP contribution in [0.15, 0.2) is 0 Å². The highest BCUT2D eigenvalue weighted by Gasteiger charge is 2.37. The molecule has 0 aromatic heterocycles. The molecule has 1 fully saturated rings. The molecule has 1 aliphatic heterocycles. The average molecular weight is 286 g/mol. The van der Waals surface area contributed by atoms with Gasteiger partial charge in [0.15, 0.2) is 9.84 Å². The van der Waals surface area contributed by atoms with Gasteiger partial charge in [-0.25, -0.2) is 8.42 Å². The van der Waals surface area contributed by atoms with Gasteiger partial charge >= 0.3 is 0 Å². The Morgan fingerprint density at radius 1 is 1.62 bits per heavy atom. The molecule has 4 nitrogen and oxygen atoms in total. The van der Waals surface area contributed by atoms with E-state index in [1.165, 1.54) is 0 Å². The third kappa shape index (κ3) is 4.07. The van der Waals surface area contributed by atoms with Crippen LogP contribution in [0.5, 0.6) is 0 Å². The molecule has 3 atom stereocenters. The highest BCUT2D eigenvalue weighted by atomic mass is 35.5. The highest BCUT2D eigenvalue weighted by molar-refractivity contribution is 7.91. The average Bonchev–Trinajstić information content (AvgIpc) is 2.39. The summed E-state index contributed by atoms with van der Waals surface area (Å²) in [6.07, 6.45) is 0.863. The molecule has 0 radical (unpaired) electrons.